The smallest absolute Gasteiger partial charge is 0.256 e. The lowest BCUT2D eigenvalue weighted by atomic mass is 10.1. The predicted molar refractivity (Wildman–Crippen MR) is 76.7 cm³/mol. The van der Waals surface area contributed by atoms with E-state index in [1.54, 1.807) is 0 Å². The van der Waals surface area contributed by atoms with Crippen molar-refractivity contribution in [1.82, 2.24) is 4.98 Å². The minimum absolute atomic E-state index is 0.0248. The Morgan fingerprint density at radius 2 is 1.42 bits per heavy atom. The highest BCUT2D eigenvalue weighted by molar-refractivity contribution is 7.91. The number of hydrogen-bond acceptors (Lipinski definition) is 3. The van der Waals surface area contributed by atoms with Gasteiger partial charge in [-0.2, -0.15) is 26.3 Å². The van der Waals surface area contributed by atoms with E-state index < -0.39 is 49.4 Å². The first-order valence-corrected chi connectivity index (χ1v) is 8.44. The second-order valence-corrected chi connectivity index (χ2v) is 7.42. The van der Waals surface area contributed by atoms with Crippen molar-refractivity contribution in [3.05, 3.63) is 58.4 Å². The average Bonchev–Trinajstić information content (AvgIpc) is 2.52. The highest BCUT2D eigenvalue weighted by Crippen LogP contribution is 2.39. The molecule has 142 valence electrons. The summed E-state index contributed by atoms with van der Waals surface area (Å²) in [5, 5.41) is 0.0248. The lowest BCUT2D eigenvalue weighted by Crippen LogP contribution is -2.16. The second kappa shape index (κ2) is 6.69. The summed E-state index contributed by atoms with van der Waals surface area (Å²) in [6.07, 6.45) is -9.65. The van der Waals surface area contributed by atoms with E-state index in [0.717, 1.165) is 18.3 Å². The van der Waals surface area contributed by atoms with Gasteiger partial charge in [0.1, 0.15) is 0 Å². The number of pyridine rings is 1. The first-order chi connectivity index (χ1) is 11.7. The summed E-state index contributed by atoms with van der Waals surface area (Å²) in [7, 11) is -5.24. The number of hydrogen-bond donors (Lipinski definition) is 0. The summed E-state index contributed by atoms with van der Waals surface area (Å²) in [6, 6.07) is 1.54. The molecule has 1 unspecified atom stereocenters. The van der Waals surface area contributed by atoms with Crippen molar-refractivity contribution in [2.24, 2.45) is 0 Å². The fourth-order valence-electron chi connectivity index (χ4n) is 1.89. The minimum atomic E-state index is -5.27. The lowest BCUT2D eigenvalue weighted by molar-refractivity contribution is -0.143. The maximum absolute atomic E-state index is 14.3. The maximum Gasteiger partial charge on any atom is 0.416 e. The molecule has 0 saturated heterocycles. The summed E-state index contributed by atoms with van der Waals surface area (Å²) in [5.41, 5.74) is -7.46. The third kappa shape index (κ3) is 4.26. The van der Waals surface area contributed by atoms with Gasteiger partial charge in [-0.3, -0.25) is 4.98 Å². The Bertz CT molecular complexity index is 876. The molecule has 1 atom stereocenters. The van der Waals surface area contributed by atoms with E-state index >= 15 is 0 Å². The molecule has 2 rings (SSSR count). The molecule has 0 spiro atoms. The molecule has 1 aromatic carbocycles. The van der Waals surface area contributed by atoms with Crippen LogP contribution in [0.4, 0.5) is 30.7 Å². The normalized spacial score (nSPS) is 14.3. The van der Waals surface area contributed by atoms with Crippen molar-refractivity contribution >= 4 is 21.4 Å². The van der Waals surface area contributed by atoms with Crippen LogP contribution in [-0.4, -0.2) is 13.4 Å². The standard InChI is InChI=1S/C14H7ClF7NO2S/c15-9-1-2-11(23-6-9)12(16)26(24,25)10-4-7(13(17,18)19)3-8(5-10)14(20,21)22/h1-6,12H. The van der Waals surface area contributed by atoms with Gasteiger partial charge >= 0.3 is 12.4 Å². The maximum atomic E-state index is 14.3. The quantitative estimate of drug-likeness (QED) is 0.639. The number of nitrogens with zero attached hydrogens (tertiary/aromatic N) is 1. The van der Waals surface area contributed by atoms with Crippen LogP contribution in [0.3, 0.4) is 0 Å². The molecule has 1 heterocycles. The molecule has 0 bridgehead atoms. The van der Waals surface area contributed by atoms with Gasteiger partial charge in [0, 0.05) is 6.20 Å². The molecule has 0 fully saturated rings. The van der Waals surface area contributed by atoms with Crippen LogP contribution in [0, 0.1) is 0 Å². The molecule has 0 aliphatic heterocycles. The monoisotopic (exact) mass is 421 g/mol. The summed E-state index contributed by atoms with van der Waals surface area (Å²) < 4.78 is 116. The van der Waals surface area contributed by atoms with E-state index in [4.69, 9.17) is 11.6 Å². The Morgan fingerprint density at radius 1 is 0.923 bits per heavy atom. The van der Waals surface area contributed by atoms with Crippen molar-refractivity contribution < 1.29 is 39.2 Å². The number of rotatable bonds is 3. The molecular weight excluding hydrogens is 415 g/mol. The molecule has 0 radical (unpaired) electrons. The van der Waals surface area contributed by atoms with E-state index in [1.807, 2.05) is 0 Å². The molecule has 2 aromatic rings. The zero-order chi connectivity index (χ0) is 19.9. The molecule has 12 heteroatoms. The molecule has 0 aliphatic rings. The largest absolute Gasteiger partial charge is 0.416 e. The van der Waals surface area contributed by atoms with Crippen LogP contribution in [0.2, 0.25) is 5.02 Å². The van der Waals surface area contributed by atoms with Crippen LogP contribution in [0.5, 0.6) is 0 Å². The Balaban J connectivity index is 2.63. The van der Waals surface area contributed by atoms with Gasteiger partial charge in [0.15, 0.2) is 0 Å². The van der Waals surface area contributed by atoms with Gasteiger partial charge < -0.3 is 0 Å². The Morgan fingerprint density at radius 3 is 1.81 bits per heavy atom. The summed E-state index contributed by atoms with van der Waals surface area (Å²) in [6.45, 7) is 0. The van der Waals surface area contributed by atoms with Gasteiger partial charge in [0.25, 0.3) is 0 Å². The van der Waals surface area contributed by atoms with Crippen LogP contribution in [0.25, 0.3) is 0 Å². The fraction of sp³-hybridized carbons (Fsp3) is 0.214. The first-order valence-electron chi connectivity index (χ1n) is 6.52. The Labute approximate surface area is 147 Å². The van der Waals surface area contributed by atoms with Crippen LogP contribution in [0.15, 0.2) is 41.4 Å². The first kappa shape index (κ1) is 20.4. The number of halogens is 8. The van der Waals surface area contributed by atoms with Crippen LogP contribution in [-0.2, 0) is 22.2 Å². The van der Waals surface area contributed by atoms with E-state index in [1.165, 1.54) is 0 Å². The summed E-state index contributed by atoms with van der Waals surface area (Å²) >= 11 is 5.51. The van der Waals surface area contributed by atoms with Crippen molar-refractivity contribution in [3.63, 3.8) is 0 Å². The third-order valence-corrected chi connectivity index (χ3v) is 5.05. The SMILES string of the molecule is O=S(=O)(c1cc(C(F)(F)F)cc(C(F)(F)F)c1)C(F)c1ccc(Cl)cn1. The molecule has 0 saturated carbocycles. The van der Waals surface area contributed by atoms with E-state index in [0.29, 0.717) is 0 Å². The van der Waals surface area contributed by atoms with Gasteiger partial charge in [-0.15, -0.1) is 0 Å². The van der Waals surface area contributed by atoms with Crippen LogP contribution >= 0.6 is 11.6 Å². The third-order valence-electron chi connectivity index (χ3n) is 3.14. The minimum Gasteiger partial charge on any atom is -0.256 e. The zero-order valence-electron chi connectivity index (χ0n) is 12.2. The Hall–Kier alpha value is -1.88. The second-order valence-electron chi connectivity index (χ2n) is 5.00. The predicted octanol–water partition coefficient (Wildman–Crippen LogP) is 5.21. The molecule has 0 amide bonds. The molecular formula is C14H7ClF7NO2S. The fourth-order valence-corrected chi connectivity index (χ4v) is 3.28. The van der Waals surface area contributed by atoms with Gasteiger partial charge in [-0.25, -0.2) is 12.8 Å². The van der Waals surface area contributed by atoms with E-state index in [-0.39, 0.29) is 23.2 Å². The van der Waals surface area contributed by atoms with Crippen LogP contribution < -0.4 is 0 Å². The highest BCUT2D eigenvalue weighted by atomic mass is 35.5. The van der Waals surface area contributed by atoms with Gasteiger partial charge in [0.05, 0.1) is 26.7 Å². The molecule has 0 aliphatic carbocycles. The van der Waals surface area contributed by atoms with Crippen molar-refractivity contribution in [2.75, 3.05) is 0 Å². The van der Waals surface area contributed by atoms with Gasteiger partial charge in [0.2, 0.25) is 15.3 Å². The lowest BCUT2D eigenvalue weighted by Gasteiger charge is -2.15. The number of aromatic nitrogens is 1. The molecule has 26 heavy (non-hydrogen) atoms. The topological polar surface area (TPSA) is 47.0 Å². The molecule has 3 nitrogen and oxygen atoms in total. The summed E-state index contributed by atoms with van der Waals surface area (Å²) in [4.78, 5) is 1.91. The van der Waals surface area contributed by atoms with E-state index in [2.05, 4.69) is 4.98 Å². The number of sulfone groups is 1. The highest BCUT2D eigenvalue weighted by Gasteiger charge is 2.40. The van der Waals surface area contributed by atoms with E-state index in [9.17, 15) is 39.2 Å². The van der Waals surface area contributed by atoms with Gasteiger partial charge in [-0.1, -0.05) is 11.6 Å². The van der Waals surface area contributed by atoms with Crippen molar-refractivity contribution in [1.29, 1.82) is 0 Å². The molecule has 1 aromatic heterocycles. The number of alkyl halides is 7. The average molecular weight is 422 g/mol. The Kier molecular flexibility index (Phi) is 5.26. The van der Waals surface area contributed by atoms with Crippen molar-refractivity contribution in [2.45, 2.75) is 22.8 Å². The summed E-state index contributed by atoms with van der Waals surface area (Å²) in [5.74, 6) is 0. The number of benzene rings is 1. The molecule has 0 N–H and O–H groups in total. The zero-order valence-corrected chi connectivity index (χ0v) is 13.8. The van der Waals surface area contributed by atoms with Crippen molar-refractivity contribution in [3.8, 4) is 0 Å². The van der Waals surface area contributed by atoms with Gasteiger partial charge in [-0.05, 0) is 30.3 Å². The van der Waals surface area contributed by atoms with Crippen LogP contribution in [0.1, 0.15) is 22.3 Å².